The van der Waals surface area contributed by atoms with E-state index in [1.165, 1.54) is 36.8 Å². The van der Waals surface area contributed by atoms with Crippen LogP contribution in [0.15, 0.2) is 45.3 Å². The van der Waals surface area contributed by atoms with Crippen LogP contribution in [0, 0.1) is 0 Å². The van der Waals surface area contributed by atoms with E-state index in [0.717, 1.165) is 32.9 Å². The minimum atomic E-state index is -0.636. The molecule has 0 saturated heterocycles. The van der Waals surface area contributed by atoms with Crippen LogP contribution in [-0.2, 0) is 5.54 Å². The van der Waals surface area contributed by atoms with Gasteiger partial charge in [0, 0.05) is 15.0 Å². The van der Waals surface area contributed by atoms with Crippen molar-refractivity contribution in [2.45, 2.75) is 57.0 Å². The predicted octanol–water partition coefficient (Wildman–Crippen LogP) is 6.08. The first-order chi connectivity index (χ1) is 12.0. The normalized spacial score (nSPS) is 15.7. The van der Waals surface area contributed by atoms with Crippen LogP contribution < -0.4 is 11.5 Å². The van der Waals surface area contributed by atoms with Crippen molar-refractivity contribution in [1.29, 1.82) is 0 Å². The second-order valence-corrected chi connectivity index (χ2v) is 8.89. The summed E-state index contributed by atoms with van der Waals surface area (Å²) in [4.78, 5) is 0. The monoisotopic (exact) mass is 464 g/mol. The highest BCUT2D eigenvalue weighted by atomic mass is 79.9. The van der Waals surface area contributed by atoms with Gasteiger partial charge < -0.3 is 11.5 Å². The minimum absolute atomic E-state index is 0.0993. The molecule has 1 unspecified atom stereocenters. The van der Waals surface area contributed by atoms with Crippen LogP contribution in [-0.4, -0.2) is 6.04 Å². The average Bonchev–Trinajstić information content (AvgIpc) is 2.84. The topological polar surface area (TPSA) is 52.0 Å². The summed E-state index contributed by atoms with van der Waals surface area (Å²) >= 11 is 7.20. The molecule has 2 nitrogen and oxygen atoms in total. The van der Waals surface area contributed by atoms with E-state index in [0.29, 0.717) is 0 Å². The quantitative estimate of drug-likeness (QED) is 0.486. The molecule has 4 heteroatoms. The van der Waals surface area contributed by atoms with Crippen molar-refractivity contribution >= 4 is 31.9 Å². The number of hydrogen-bond donors (Lipinski definition) is 2. The molecule has 0 radical (unpaired) electrons. The molecule has 0 spiro atoms. The molecule has 1 aliphatic carbocycles. The lowest BCUT2D eigenvalue weighted by atomic mass is 9.79. The highest BCUT2D eigenvalue weighted by molar-refractivity contribution is 9.10. The summed E-state index contributed by atoms with van der Waals surface area (Å²) in [6, 6.07) is 12.6. The molecule has 1 aliphatic rings. The van der Waals surface area contributed by atoms with Crippen LogP contribution in [0.5, 0.6) is 0 Å². The first kappa shape index (κ1) is 19.1. The molecule has 0 aromatic heterocycles. The van der Waals surface area contributed by atoms with Gasteiger partial charge in [-0.25, -0.2) is 0 Å². The van der Waals surface area contributed by atoms with Crippen LogP contribution in [0.2, 0.25) is 0 Å². The Kier molecular flexibility index (Phi) is 6.04. The van der Waals surface area contributed by atoms with Gasteiger partial charge in [0.15, 0.2) is 0 Å². The molecule has 0 heterocycles. The summed E-state index contributed by atoms with van der Waals surface area (Å²) in [5, 5.41) is 0. The Balaban J connectivity index is 1.93. The Morgan fingerprint density at radius 1 is 0.880 bits per heavy atom. The third-order valence-electron chi connectivity index (χ3n) is 5.35. The molecule has 0 amide bonds. The van der Waals surface area contributed by atoms with E-state index in [9.17, 15) is 0 Å². The zero-order chi connectivity index (χ0) is 18.0. The van der Waals surface area contributed by atoms with Crippen LogP contribution in [0.3, 0.4) is 0 Å². The van der Waals surface area contributed by atoms with E-state index >= 15 is 0 Å². The molecular weight excluding hydrogens is 440 g/mol. The van der Waals surface area contributed by atoms with E-state index in [-0.39, 0.29) is 6.04 Å². The second kappa shape index (κ2) is 7.91. The highest BCUT2D eigenvalue weighted by Crippen LogP contribution is 2.49. The van der Waals surface area contributed by atoms with E-state index in [1.54, 1.807) is 0 Å². The van der Waals surface area contributed by atoms with Crippen molar-refractivity contribution in [2.75, 3.05) is 0 Å². The molecule has 0 saturated carbocycles. The first-order valence-corrected chi connectivity index (χ1v) is 10.7. The minimum Gasteiger partial charge on any atom is -0.326 e. The largest absolute Gasteiger partial charge is 0.326 e. The summed E-state index contributed by atoms with van der Waals surface area (Å²) < 4.78 is 2.09. The van der Waals surface area contributed by atoms with E-state index in [4.69, 9.17) is 11.5 Å². The molecule has 2 aromatic rings. The Hall–Kier alpha value is -0.680. The van der Waals surface area contributed by atoms with E-state index in [1.807, 2.05) is 0 Å². The van der Waals surface area contributed by atoms with Crippen molar-refractivity contribution < 1.29 is 0 Å². The molecule has 3 rings (SSSR count). The van der Waals surface area contributed by atoms with Crippen LogP contribution in [0.1, 0.15) is 56.6 Å². The van der Waals surface area contributed by atoms with Gasteiger partial charge in [-0.3, -0.25) is 0 Å². The van der Waals surface area contributed by atoms with Crippen molar-refractivity contribution in [3.63, 3.8) is 0 Å². The first-order valence-electron chi connectivity index (χ1n) is 9.13. The lowest BCUT2D eigenvalue weighted by Crippen LogP contribution is -2.52. The maximum Gasteiger partial charge on any atom is 0.0831 e. The Morgan fingerprint density at radius 3 is 1.92 bits per heavy atom. The van der Waals surface area contributed by atoms with Gasteiger partial charge in [0.2, 0.25) is 0 Å². The van der Waals surface area contributed by atoms with Gasteiger partial charge in [-0.05, 0) is 52.9 Å². The van der Waals surface area contributed by atoms with Crippen LogP contribution >= 0.6 is 31.9 Å². The summed E-state index contributed by atoms with van der Waals surface area (Å²) in [7, 11) is 0. The molecule has 2 aromatic carbocycles. The fraction of sp³-hybridized carbons (Fsp3) is 0.429. The van der Waals surface area contributed by atoms with Gasteiger partial charge in [-0.1, -0.05) is 83.0 Å². The number of rotatable bonds is 7. The SMILES string of the molecule is CCCCCCCC(N)C1(N)c2cc(Br)ccc2-c2ccc(Br)cc21. The lowest BCUT2D eigenvalue weighted by molar-refractivity contribution is 0.391. The molecule has 4 N–H and O–H groups in total. The zero-order valence-corrected chi connectivity index (χ0v) is 17.9. The molecule has 0 bridgehead atoms. The number of nitrogens with two attached hydrogens (primary N) is 2. The van der Waals surface area contributed by atoms with Crippen molar-refractivity contribution in [3.05, 3.63) is 56.5 Å². The standard InChI is InChI=1S/C21H26Br2N2/c1-2-3-4-5-6-7-20(24)21(25)18-12-14(22)8-10-16(18)17-11-9-15(23)13-19(17)21/h8-13,20H,2-7,24-25H2,1H3. The molecular formula is C21H26Br2N2. The molecule has 134 valence electrons. The summed E-state index contributed by atoms with van der Waals surface area (Å²) in [6.07, 6.45) is 7.15. The predicted molar refractivity (Wildman–Crippen MR) is 114 cm³/mol. The Bertz CT molecular complexity index is 706. The number of benzene rings is 2. The van der Waals surface area contributed by atoms with Gasteiger partial charge in [-0.2, -0.15) is 0 Å². The second-order valence-electron chi connectivity index (χ2n) is 7.06. The maximum atomic E-state index is 7.04. The van der Waals surface area contributed by atoms with Gasteiger partial charge in [0.05, 0.1) is 5.54 Å². The average molecular weight is 466 g/mol. The van der Waals surface area contributed by atoms with E-state index in [2.05, 4.69) is 75.2 Å². The zero-order valence-electron chi connectivity index (χ0n) is 14.7. The van der Waals surface area contributed by atoms with Gasteiger partial charge in [0.1, 0.15) is 0 Å². The molecule has 0 aliphatic heterocycles. The fourth-order valence-corrected chi connectivity index (χ4v) is 4.65. The fourth-order valence-electron chi connectivity index (χ4n) is 3.93. The number of fused-ring (bicyclic) bond motifs is 3. The number of unbranched alkanes of at least 4 members (excludes halogenated alkanes) is 4. The highest BCUT2D eigenvalue weighted by Gasteiger charge is 2.44. The van der Waals surface area contributed by atoms with Gasteiger partial charge >= 0.3 is 0 Å². The third-order valence-corrected chi connectivity index (χ3v) is 6.33. The van der Waals surface area contributed by atoms with Crippen LogP contribution in [0.25, 0.3) is 11.1 Å². The summed E-state index contributed by atoms with van der Waals surface area (Å²) in [6.45, 7) is 2.24. The molecule has 25 heavy (non-hydrogen) atoms. The van der Waals surface area contributed by atoms with Crippen molar-refractivity contribution in [3.8, 4) is 11.1 Å². The van der Waals surface area contributed by atoms with E-state index < -0.39 is 5.54 Å². The maximum absolute atomic E-state index is 7.04. The summed E-state index contributed by atoms with van der Waals surface area (Å²) in [5.41, 5.74) is 17.8. The Morgan fingerprint density at radius 2 is 1.40 bits per heavy atom. The van der Waals surface area contributed by atoms with Gasteiger partial charge in [-0.15, -0.1) is 0 Å². The molecule has 0 fully saturated rings. The smallest absolute Gasteiger partial charge is 0.0831 e. The van der Waals surface area contributed by atoms with Gasteiger partial charge in [0.25, 0.3) is 0 Å². The third kappa shape index (κ3) is 3.59. The number of halogens is 2. The van der Waals surface area contributed by atoms with Crippen molar-refractivity contribution in [1.82, 2.24) is 0 Å². The summed E-state index contributed by atoms with van der Waals surface area (Å²) in [5.74, 6) is 0. The van der Waals surface area contributed by atoms with Crippen molar-refractivity contribution in [2.24, 2.45) is 11.5 Å². The lowest BCUT2D eigenvalue weighted by Gasteiger charge is -2.34. The van der Waals surface area contributed by atoms with Crippen LogP contribution in [0.4, 0.5) is 0 Å². The molecule has 1 atom stereocenters. The number of hydrogen-bond acceptors (Lipinski definition) is 2. The Labute approximate surface area is 167 Å².